The summed E-state index contributed by atoms with van der Waals surface area (Å²) in [4.78, 5) is 8.17. The van der Waals surface area contributed by atoms with Gasteiger partial charge in [-0.05, 0) is 6.42 Å². The average molecular weight is 234 g/mol. The fourth-order valence-electron chi connectivity index (χ4n) is 1.33. The highest BCUT2D eigenvalue weighted by Crippen LogP contribution is 2.04. The molecule has 17 heavy (non-hydrogen) atoms. The molecule has 0 aromatic carbocycles. The molecule has 0 fully saturated rings. The smallest absolute Gasteiger partial charge is 0.160 e. The molecule has 0 spiro atoms. The third-order valence-corrected chi connectivity index (χ3v) is 2.12. The van der Waals surface area contributed by atoms with Crippen molar-refractivity contribution in [3.63, 3.8) is 0 Å². The fraction of sp³-hybridized carbons (Fsp3) is 0.333. The molecule has 0 saturated heterocycles. The average Bonchev–Trinajstić information content (AvgIpc) is 2.88. The molecule has 8 heteroatoms. The van der Waals surface area contributed by atoms with Crippen LogP contribution in [-0.4, -0.2) is 31.5 Å². The van der Waals surface area contributed by atoms with Gasteiger partial charge in [0.2, 0.25) is 0 Å². The first-order valence-electron chi connectivity index (χ1n) is 5.25. The molecule has 2 aromatic rings. The van der Waals surface area contributed by atoms with E-state index in [4.69, 9.17) is 5.84 Å². The molecule has 8 nitrogen and oxygen atoms in total. The van der Waals surface area contributed by atoms with Crippen LogP contribution in [0.5, 0.6) is 0 Å². The number of hydrogen-bond acceptors (Lipinski definition) is 7. The van der Waals surface area contributed by atoms with Gasteiger partial charge in [0.1, 0.15) is 5.82 Å². The summed E-state index contributed by atoms with van der Waals surface area (Å²) in [6, 6.07) is 0. The minimum atomic E-state index is 0.534. The molecule has 0 amide bonds. The van der Waals surface area contributed by atoms with Gasteiger partial charge >= 0.3 is 0 Å². The van der Waals surface area contributed by atoms with Crippen LogP contribution in [-0.2, 0) is 6.54 Å². The summed E-state index contributed by atoms with van der Waals surface area (Å²) in [7, 11) is 0. The maximum Gasteiger partial charge on any atom is 0.160 e. The highest BCUT2D eigenvalue weighted by Gasteiger charge is 1.97. The van der Waals surface area contributed by atoms with Crippen LogP contribution in [0.4, 0.5) is 11.6 Å². The lowest BCUT2D eigenvalue weighted by atomic mass is 10.4. The number of hydrazine groups is 1. The number of nitrogens with one attached hydrogen (secondary N) is 2. The van der Waals surface area contributed by atoms with E-state index < -0.39 is 0 Å². The maximum atomic E-state index is 5.24. The van der Waals surface area contributed by atoms with E-state index in [0.29, 0.717) is 11.6 Å². The van der Waals surface area contributed by atoms with Crippen LogP contribution >= 0.6 is 0 Å². The van der Waals surface area contributed by atoms with Crippen LogP contribution in [0.3, 0.4) is 0 Å². The third-order valence-electron chi connectivity index (χ3n) is 2.12. The first-order chi connectivity index (χ1) is 8.38. The summed E-state index contributed by atoms with van der Waals surface area (Å²) < 4.78 is 1.78. The number of nitrogens with zero attached hydrogens (tertiary/aromatic N) is 5. The Morgan fingerprint density at radius 3 is 2.94 bits per heavy atom. The van der Waals surface area contributed by atoms with Crippen LogP contribution < -0.4 is 16.6 Å². The van der Waals surface area contributed by atoms with E-state index in [2.05, 4.69) is 31.0 Å². The zero-order valence-corrected chi connectivity index (χ0v) is 9.24. The Morgan fingerprint density at radius 2 is 2.18 bits per heavy atom. The standard InChI is InChI=1S/C9H14N8/c10-15-9-7-11-6-8(14-9)12-2-1-4-17-5-3-13-16-17/h3,5-7H,1-2,4,10H2,(H2,12,14,15). The van der Waals surface area contributed by atoms with Gasteiger partial charge in [-0.25, -0.2) is 10.8 Å². The Balaban J connectivity index is 1.74. The van der Waals surface area contributed by atoms with Crippen molar-refractivity contribution in [3.8, 4) is 0 Å². The van der Waals surface area contributed by atoms with Crippen molar-refractivity contribution < 1.29 is 0 Å². The minimum absolute atomic E-state index is 0.534. The molecule has 90 valence electrons. The Bertz CT molecular complexity index is 440. The summed E-state index contributed by atoms with van der Waals surface area (Å²) in [5, 5.41) is 10.8. The maximum absolute atomic E-state index is 5.24. The molecule has 0 aliphatic heterocycles. The van der Waals surface area contributed by atoms with E-state index in [-0.39, 0.29) is 0 Å². The molecular weight excluding hydrogens is 220 g/mol. The number of hydrogen-bond donors (Lipinski definition) is 3. The van der Waals surface area contributed by atoms with Crippen molar-refractivity contribution in [2.75, 3.05) is 17.3 Å². The Kier molecular flexibility index (Phi) is 3.81. The van der Waals surface area contributed by atoms with Crippen molar-refractivity contribution >= 4 is 11.6 Å². The van der Waals surface area contributed by atoms with Crippen LogP contribution in [0.15, 0.2) is 24.8 Å². The van der Waals surface area contributed by atoms with Gasteiger partial charge in [0.15, 0.2) is 5.82 Å². The highest BCUT2D eigenvalue weighted by molar-refractivity contribution is 5.40. The number of rotatable bonds is 6. The molecule has 0 unspecified atom stereocenters. The zero-order chi connectivity index (χ0) is 11.9. The molecular formula is C9H14N8. The van der Waals surface area contributed by atoms with Crippen molar-refractivity contribution in [3.05, 3.63) is 24.8 Å². The summed E-state index contributed by atoms with van der Waals surface area (Å²) >= 11 is 0. The predicted octanol–water partition coefficient (Wildman–Crippen LogP) is -0.144. The van der Waals surface area contributed by atoms with Gasteiger partial charge in [-0.3, -0.25) is 9.67 Å². The lowest BCUT2D eigenvalue weighted by Crippen LogP contribution is -2.12. The number of aromatic nitrogens is 5. The van der Waals surface area contributed by atoms with E-state index in [1.807, 2.05) is 6.20 Å². The summed E-state index contributed by atoms with van der Waals surface area (Å²) in [5.74, 6) is 6.47. The molecule has 2 aromatic heterocycles. The minimum Gasteiger partial charge on any atom is -0.369 e. The van der Waals surface area contributed by atoms with Gasteiger partial charge in [0.05, 0.1) is 18.6 Å². The van der Waals surface area contributed by atoms with E-state index in [1.54, 1.807) is 23.3 Å². The number of anilines is 2. The molecule has 0 bridgehead atoms. The first kappa shape index (κ1) is 11.3. The van der Waals surface area contributed by atoms with E-state index in [1.165, 1.54) is 0 Å². The number of nitrogens with two attached hydrogens (primary N) is 1. The summed E-state index contributed by atoms with van der Waals surface area (Å²) in [6.45, 7) is 1.60. The SMILES string of the molecule is NNc1cncc(NCCCn2ccnn2)n1. The van der Waals surface area contributed by atoms with Gasteiger partial charge in [-0.1, -0.05) is 5.21 Å². The van der Waals surface area contributed by atoms with Crippen molar-refractivity contribution in [2.45, 2.75) is 13.0 Å². The van der Waals surface area contributed by atoms with Gasteiger partial charge in [-0.2, -0.15) is 0 Å². The predicted molar refractivity (Wildman–Crippen MR) is 63.0 cm³/mol. The van der Waals surface area contributed by atoms with Crippen LogP contribution in [0.1, 0.15) is 6.42 Å². The van der Waals surface area contributed by atoms with Crippen molar-refractivity contribution in [2.24, 2.45) is 5.84 Å². The van der Waals surface area contributed by atoms with Crippen LogP contribution in [0, 0.1) is 0 Å². The first-order valence-corrected chi connectivity index (χ1v) is 5.25. The Hall–Kier alpha value is -2.22. The number of nitrogen functional groups attached to an aromatic ring is 1. The summed E-state index contributed by atoms with van der Waals surface area (Å²) in [6.07, 6.45) is 7.62. The van der Waals surface area contributed by atoms with Crippen LogP contribution in [0.2, 0.25) is 0 Å². The lowest BCUT2D eigenvalue weighted by molar-refractivity contribution is 0.569. The van der Waals surface area contributed by atoms with Gasteiger partial charge < -0.3 is 10.7 Å². The third kappa shape index (κ3) is 3.38. The monoisotopic (exact) mass is 234 g/mol. The fourth-order valence-corrected chi connectivity index (χ4v) is 1.33. The van der Waals surface area contributed by atoms with Crippen molar-refractivity contribution in [1.29, 1.82) is 0 Å². The van der Waals surface area contributed by atoms with E-state index in [9.17, 15) is 0 Å². The largest absolute Gasteiger partial charge is 0.369 e. The normalized spacial score (nSPS) is 10.2. The van der Waals surface area contributed by atoms with Crippen molar-refractivity contribution in [1.82, 2.24) is 25.0 Å². The van der Waals surface area contributed by atoms with Gasteiger partial charge in [-0.15, -0.1) is 5.10 Å². The quantitative estimate of drug-likeness (QED) is 0.362. The second-order valence-electron chi connectivity index (χ2n) is 3.38. The second-order valence-corrected chi connectivity index (χ2v) is 3.38. The zero-order valence-electron chi connectivity index (χ0n) is 9.24. The van der Waals surface area contributed by atoms with E-state index >= 15 is 0 Å². The molecule has 0 aliphatic carbocycles. The molecule has 2 heterocycles. The molecule has 0 aliphatic rings. The molecule has 0 atom stereocenters. The van der Waals surface area contributed by atoms with Gasteiger partial charge in [0, 0.05) is 19.3 Å². The molecule has 4 N–H and O–H groups in total. The lowest BCUT2D eigenvalue weighted by Gasteiger charge is -2.06. The second kappa shape index (κ2) is 5.75. The van der Waals surface area contributed by atoms with E-state index in [0.717, 1.165) is 19.5 Å². The Labute approximate surface area is 98.2 Å². The topological polar surface area (TPSA) is 107 Å². The molecule has 2 rings (SSSR count). The van der Waals surface area contributed by atoms with Gasteiger partial charge in [0.25, 0.3) is 0 Å². The number of aryl methyl sites for hydroxylation is 1. The Morgan fingerprint density at radius 1 is 1.29 bits per heavy atom. The molecule has 0 saturated carbocycles. The highest BCUT2D eigenvalue weighted by atomic mass is 15.4. The summed E-state index contributed by atoms with van der Waals surface area (Å²) in [5.41, 5.74) is 2.44. The molecule has 0 radical (unpaired) electrons. The van der Waals surface area contributed by atoms with Crippen LogP contribution in [0.25, 0.3) is 0 Å².